The first kappa shape index (κ1) is 18.2. The van der Waals surface area contributed by atoms with E-state index in [-0.39, 0.29) is 29.8 Å². The number of benzene rings is 1. The first-order valence-corrected chi connectivity index (χ1v) is 9.51. The van der Waals surface area contributed by atoms with Crippen molar-refractivity contribution in [3.63, 3.8) is 0 Å². The second-order valence-corrected chi connectivity index (χ2v) is 7.93. The molecule has 1 amide bonds. The van der Waals surface area contributed by atoms with Crippen LogP contribution in [0.3, 0.4) is 0 Å². The maximum Gasteiger partial charge on any atom is 0.240 e. The van der Waals surface area contributed by atoms with E-state index in [1.54, 1.807) is 12.1 Å². The highest BCUT2D eigenvalue weighted by atomic mass is 35.5. The summed E-state index contributed by atoms with van der Waals surface area (Å²) in [4.78, 5) is 12.2. The molecule has 0 radical (unpaired) electrons. The van der Waals surface area contributed by atoms with Gasteiger partial charge in [-0.05, 0) is 44.5 Å². The van der Waals surface area contributed by atoms with Crippen molar-refractivity contribution in [1.82, 2.24) is 15.4 Å². The third-order valence-corrected chi connectivity index (χ3v) is 5.51. The lowest BCUT2D eigenvalue weighted by molar-refractivity contribution is -0.126. The maximum atomic E-state index is 12.1. The number of piperidine rings is 1. The zero-order chi connectivity index (χ0) is 16.9. The highest BCUT2D eigenvalue weighted by Crippen LogP contribution is 2.16. The molecule has 1 saturated heterocycles. The molecule has 1 aliphatic heterocycles. The Labute approximate surface area is 142 Å². The summed E-state index contributed by atoms with van der Waals surface area (Å²) in [5.74, 6) is -0.0175. The van der Waals surface area contributed by atoms with Crippen LogP contribution in [0.4, 0.5) is 0 Å². The molecule has 1 fully saturated rings. The third kappa shape index (κ3) is 5.46. The SMILES string of the molecule is C[C@H]1C[C@@H](C(=O)NCCNS(=O)(=O)c2cccc(Cl)c2)CCN1. The molecule has 0 spiro atoms. The Kier molecular flexibility index (Phi) is 6.41. The number of hydrogen-bond donors (Lipinski definition) is 3. The van der Waals surface area contributed by atoms with Gasteiger partial charge in [0.1, 0.15) is 0 Å². The lowest BCUT2D eigenvalue weighted by atomic mass is 9.92. The van der Waals surface area contributed by atoms with Crippen LogP contribution in [0, 0.1) is 5.92 Å². The normalized spacial score (nSPS) is 21.8. The average molecular weight is 360 g/mol. The van der Waals surface area contributed by atoms with Crippen LogP contribution in [0.5, 0.6) is 0 Å². The zero-order valence-electron chi connectivity index (χ0n) is 13.0. The average Bonchev–Trinajstić information content (AvgIpc) is 2.51. The quantitative estimate of drug-likeness (QED) is 0.664. The first-order chi connectivity index (χ1) is 10.9. The molecule has 0 bridgehead atoms. The van der Waals surface area contributed by atoms with Gasteiger partial charge in [-0.15, -0.1) is 0 Å². The van der Waals surface area contributed by atoms with Gasteiger partial charge in [0.2, 0.25) is 15.9 Å². The van der Waals surface area contributed by atoms with Gasteiger partial charge in [-0.3, -0.25) is 4.79 Å². The lowest BCUT2D eigenvalue weighted by Crippen LogP contribution is -2.44. The molecule has 3 N–H and O–H groups in total. The van der Waals surface area contributed by atoms with Gasteiger partial charge in [-0.1, -0.05) is 17.7 Å². The number of halogens is 1. The largest absolute Gasteiger partial charge is 0.355 e. The molecule has 1 aromatic carbocycles. The van der Waals surface area contributed by atoms with Crippen LogP contribution < -0.4 is 15.4 Å². The van der Waals surface area contributed by atoms with Crippen molar-refractivity contribution in [3.8, 4) is 0 Å². The molecule has 1 aliphatic rings. The second-order valence-electron chi connectivity index (χ2n) is 5.72. The molecule has 1 heterocycles. The molecular weight excluding hydrogens is 338 g/mol. The van der Waals surface area contributed by atoms with Crippen LogP contribution in [-0.2, 0) is 14.8 Å². The molecule has 23 heavy (non-hydrogen) atoms. The van der Waals surface area contributed by atoms with Gasteiger partial charge in [0.25, 0.3) is 0 Å². The Bertz CT molecular complexity index is 651. The number of carbonyl (C=O) groups is 1. The van der Waals surface area contributed by atoms with Crippen molar-refractivity contribution in [2.45, 2.75) is 30.7 Å². The Morgan fingerprint density at radius 3 is 2.87 bits per heavy atom. The molecule has 8 heteroatoms. The van der Waals surface area contributed by atoms with E-state index in [0.29, 0.717) is 11.1 Å². The Hall–Kier alpha value is -1.15. The van der Waals surface area contributed by atoms with E-state index in [4.69, 9.17) is 11.6 Å². The standard InChI is InChI=1S/C15H22ClN3O3S/c1-11-9-12(5-6-17-11)15(20)18-7-8-19-23(21,22)14-4-2-3-13(16)10-14/h2-4,10-12,17,19H,5-9H2,1H3,(H,18,20)/t11-,12-/m0/s1. The molecule has 2 rings (SSSR count). The topological polar surface area (TPSA) is 87.3 Å². The van der Waals surface area contributed by atoms with Crippen LogP contribution in [0.1, 0.15) is 19.8 Å². The van der Waals surface area contributed by atoms with Crippen LogP contribution in [0.2, 0.25) is 5.02 Å². The van der Waals surface area contributed by atoms with E-state index in [2.05, 4.69) is 22.3 Å². The minimum Gasteiger partial charge on any atom is -0.355 e. The zero-order valence-corrected chi connectivity index (χ0v) is 14.6. The van der Waals surface area contributed by atoms with Crippen molar-refractivity contribution >= 4 is 27.5 Å². The van der Waals surface area contributed by atoms with Gasteiger partial charge in [0.15, 0.2) is 0 Å². The monoisotopic (exact) mass is 359 g/mol. The predicted octanol–water partition coefficient (Wildman–Crippen LogP) is 1.12. The number of rotatable bonds is 6. The van der Waals surface area contributed by atoms with Crippen molar-refractivity contribution in [2.24, 2.45) is 5.92 Å². The highest BCUT2D eigenvalue weighted by molar-refractivity contribution is 7.89. The number of amides is 1. The smallest absolute Gasteiger partial charge is 0.240 e. The first-order valence-electron chi connectivity index (χ1n) is 7.65. The summed E-state index contributed by atoms with van der Waals surface area (Å²) in [5, 5.41) is 6.45. The van der Waals surface area contributed by atoms with Crippen molar-refractivity contribution < 1.29 is 13.2 Å². The summed E-state index contributed by atoms with van der Waals surface area (Å²) in [7, 11) is -3.61. The predicted molar refractivity (Wildman–Crippen MR) is 89.8 cm³/mol. The molecule has 0 aromatic heterocycles. The van der Waals surface area contributed by atoms with Gasteiger partial charge >= 0.3 is 0 Å². The summed E-state index contributed by atoms with van der Waals surface area (Å²) < 4.78 is 26.6. The number of hydrogen-bond acceptors (Lipinski definition) is 4. The Morgan fingerprint density at radius 2 is 2.17 bits per heavy atom. The van der Waals surface area contributed by atoms with Gasteiger partial charge in [-0.2, -0.15) is 0 Å². The Morgan fingerprint density at radius 1 is 1.39 bits per heavy atom. The highest BCUT2D eigenvalue weighted by Gasteiger charge is 2.24. The summed E-state index contributed by atoms with van der Waals surface area (Å²) in [6, 6.07) is 6.39. The number of carbonyl (C=O) groups excluding carboxylic acids is 1. The fraction of sp³-hybridized carbons (Fsp3) is 0.533. The molecule has 0 unspecified atom stereocenters. The fourth-order valence-electron chi connectivity index (χ4n) is 2.60. The summed E-state index contributed by atoms with van der Waals surface area (Å²) in [6.07, 6.45) is 1.62. The molecule has 6 nitrogen and oxygen atoms in total. The van der Waals surface area contributed by atoms with E-state index in [9.17, 15) is 13.2 Å². The van der Waals surface area contributed by atoms with Crippen LogP contribution in [0.15, 0.2) is 29.2 Å². The van der Waals surface area contributed by atoms with Gasteiger partial charge in [0, 0.05) is 30.1 Å². The van der Waals surface area contributed by atoms with E-state index in [0.717, 1.165) is 19.4 Å². The lowest BCUT2D eigenvalue weighted by Gasteiger charge is -2.27. The number of sulfonamides is 1. The van der Waals surface area contributed by atoms with Crippen molar-refractivity contribution in [1.29, 1.82) is 0 Å². The molecule has 0 saturated carbocycles. The second kappa shape index (κ2) is 8.10. The summed E-state index contributed by atoms with van der Waals surface area (Å²) in [6.45, 7) is 3.29. The van der Waals surface area contributed by atoms with Crippen LogP contribution in [-0.4, -0.2) is 40.0 Å². The van der Waals surface area contributed by atoms with Crippen LogP contribution >= 0.6 is 11.6 Å². The van der Waals surface area contributed by atoms with E-state index < -0.39 is 10.0 Å². The third-order valence-electron chi connectivity index (χ3n) is 3.82. The van der Waals surface area contributed by atoms with Gasteiger partial charge < -0.3 is 10.6 Å². The van der Waals surface area contributed by atoms with Crippen LogP contribution in [0.25, 0.3) is 0 Å². The van der Waals surface area contributed by atoms with E-state index in [1.165, 1.54) is 12.1 Å². The number of nitrogens with one attached hydrogen (secondary N) is 3. The van der Waals surface area contributed by atoms with Gasteiger partial charge in [-0.25, -0.2) is 13.1 Å². The molecule has 128 valence electrons. The van der Waals surface area contributed by atoms with Crippen molar-refractivity contribution in [3.05, 3.63) is 29.3 Å². The summed E-state index contributed by atoms with van der Waals surface area (Å²) >= 11 is 5.80. The molecule has 1 aromatic rings. The van der Waals surface area contributed by atoms with E-state index in [1.807, 2.05) is 0 Å². The molecular formula is C15H22ClN3O3S. The Balaban J connectivity index is 1.77. The fourth-order valence-corrected chi connectivity index (χ4v) is 3.94. The van der Waals surface area contributed by atoms with E-state index >= 15 is 0 Å². The van der Waals surface area contributed by atoms with Gasteiger partial charge in [0.05, 0.1) is 4.90 Å². The minimum absolute atomic E-state index is 0.00390. The molecule has 2 atom stereocenters. The summed E-state index contributed by atoms with van der Waals surface area (Å²) in [5.41, 5.74) is 0. The maximum absolute atomic E-state index is 12.1. The molecule has 0 aliphatic carbocycles. The van der Waals surface area contributed by atoms with Crippen molar-refractivity contribution in [2.75, 3.05) is 19.6 Å². The minimum atomic E-state index is -3.61.